The van der Waals surface area contributed by atoms with Crippen LogP contribution in [0, 0.1) is 0 Å². The Labute approximate surface area is 114 Å². The molecule has 2 nitrogen and oxygen atoms in total. The molecule has 0 aliphatic heterocycles. The number of aliphatic hydroxyl groups excluding tert-OH is 1. The molecule has 19 heavy (non-hydrogen) atoms. The minimum absolute atomic E-state index is 0.0168. The van der Waals surface area contributed by atoms with Crippen molar-refractivity contribution in [3.63, 3.8) is 0 Å². The Bertz CT molecular complexity index is 490. The molecule has 1 unspecified atom stereocenters. The van der Waals surface area contributed by atoms with Crippen LogP contribution in [0.5, 0.6) is 5.75 Å². The summed E-state index contributed by atoms with van der Waals surface area (Å²) >= 11 is 0. The van der Waals surface area contributed by atoms with Gasteiger partial charge in [-0.2, -0.15) is 0 Å². The van der Waals surface area contributed by atoms with Gasteiger partial charge in [0.25, 0.3) is 0 Å². The fourth-order valence-electron chi connectivity index (χ4n) is 2.00. The second-order valence-electron chi connectivity index (χ2n) is 4.66. The first-order chi connectivity index (χ1) is 9.20. The number of ether oxygens (including phenoxy) is 1. The van der Waals surface area contributed by atoms with Gasteiger partial charge in [0.1, 0.15) is 11.9 Å². The van der Waals surface area contributed by atoms with Gasteiger partial charge in [0.2, 0.25) is 0 Å². The lowest BCUT2D eigenvalue weighted by Crippen LogP contribution is -2.03. The zero-order chi connectivity index (χ0) is 13.7. The van der Waals surface area contributed by atoms with Crippen LogP contribution in [0.1, 0.15) is 43.6 Å². The van der Waals surface area contributed by atoms with E-state index >= 15 is 0 Å². The van der Waals surface area contributed by atoms with Crippen LogP contribution in [-0.4, -0.2) is 5.11 Å². The van der Waals surface area contributed by atoms with Gasteiger partial charge in [-0.1, -0.05) is 49.4 Å². The van der Waals surface area contributed by atoms with Crippen LogP contribution in [0.3, 0.4) is 0 Å². The van der Waals surface area contributed by atoms with Crippen LogP contribution in [0.15, 0.2) is 54.6 Å². The zero-order valence-electron chi connectivity index (χ0n) is 11.4. The van der Waals surface area contributed by atoms with Crippen LogP contribution >= 0.6 is 0 Å². The molecular formula is C17H20O2. The third-order valence-electron chi connectivity index (χ3n) is 3.23. The summed E-state index contributed by atoms with van der Waals surface area (Å²) < 4.78 is 5.89. The number of aliphatic hydroxyl groups is 1. The van der Waals surface area contributed by atoms with Crippen LogP contribution in [-0.2, 0) is 0 Å². The third kappa shape index (κ3) is 3.58. The van der Waals surface area contributed by atoms with Gasteiger partial charge >= 0.3 is 0 Å². The Kier molecular flexibility index (Phi) is 4.58. The maximum Gasteiger partial charge on any atom is 0.121 e. The van der Waals surface area contributed by atoms with Crippen LogP contribution in [0.25, 0.3) is 0 Å². The monoisotopic (exact) mass is 256 g/mol. The van der Waals surface area contributed by atoms with Crippen molar-refractivity contribution in [3.05, 3.63) is 65.7 Å². The Hall–Kier alpha value is -1.80. The second-order valence-corrected chi connectivity index (χ2v) is 4.66. The van der Waals surface area contributed by atoms with E-state index in [1.807, 2.05) is 56.3 Å². The molecule has 0 bridgehead atoms. The van der Waals surface area contributed by atoms with E-state index in [1.54, 1.807) is 0 Å². The standard InChI is InChI=1S/C17H20O2/c1-3-17(18)15-9-11-16(12-10-15)19-13(2)14-7-5-4-6-8-14/h4-13,17-18H,3H2,1-2H3/t13?,17-/m0/s1. The molecule has 0 saturated heterocycles. The van der Waals surface area contributed by atoms with E-state index in [1.165, 1.54) is 0 Å². The Morgan fingerprint density at radius 2 is 1.58 bits per heavy atom. The maximum absolute atomic E-state index is 9.74. The predicted octanol–water partition coefficient (Wildman–Crippen LogP) is 4.27. The first-order valence-electron chi connectivity index (χ1n) is 6.70. The van der Waals surface area contributed by atoms with E-state index in [-0.39, 0.29) is 12.2 Å². The molecule has 2 aromatic carbocycles. The largest absolute Gasteiger partial charge is 0.486 e. The van der Waals surface area contributed by atoms with Crippen molar-refractivity contribution in [1.29, 1.82) is 0 Å². The molecule has 1 N–H and O–H groups in total. The highest BCUT2D eigenvalue weighted by molar-refractivity contribution is 5.29. The van der Waals surface area contributed by atoms with Crippen molar-refractivity contribution in [2.24, 2.45) is 0 Å². The highest BCUT2D eigenvalue weighted by Gasteiger charge is 2.08. The predicted molar refractivity (Wildman–Crippen MR) is 77.2 cm³/mol. The van der Waals surface area contributed by atoms with Crippen LogP contribution < -0.4 is 4.74 Å². The van der Waals surface area contributed by atoms with Gasteiger partial charge in [-0.25, -0.2) is 0 Å². The molecule has 2 heteroatoms. The summed E-state index contributed by atoms with van der Waals surface area (Å²) in [5.74, 6) is 0.823. The minimum atomic E-state index is -0.388. The van der Waals surface area contributed by atoms with Crippen LogP contribution in [0.2, 0.25) is 0 Å². The Morgan fingerprint density at radius 1 is 0.947 bits per heavy atom. The molecule has 0 saturated carbocycles. The third-order valence-corrected chi connectivity index (χ3v) is 3.23. The van der Waals surface area contributed by atoms with Gasteiger partial charge in [0.05, 0.1) is 6.10 Å². The highest BCUT2D eigenvalue weighted by Crippen LogP contribution is 2.24. The molecule has 100 valence electrons. The maximum atomic E-state index is 9.74. The number of rotatable bonds is 5. The van der Waals surface area contributed by atoms with E-state index in [0.29, 0.717) is 0 Å². The van der Waals surface area contributed by atoms with Gasteiger partial charge in [0, 0.05) is 0 Å². The molecule has 2 atom stereocenters. The number of benzene rings is 2. The van der Waals surface area contributed by atoms with Gasteiger partial charge < -0.3 is 9.84 Å². The van der Waals surface area contributed by atoms with Crippen molar-refractivity contribution < 1.29 is 9.84 Å². The second kappa shape index (κ2) is 6.39. The Balaban J connectivity index is 2.04. The topological polar surface area (TPSA) is 29.5 Å². The lowest BCUT2D eigenvalue weighted by molar-refractivity contribution is 0.173. The first-order valence-corrected chi connectivity index (χ1v) is 6.70. The quantitative estimate of drug-likeness (QED) is 0.865. The molecule has 0 fully saturated rings. The van der Waals surface area contributed by atoms with E-state index in [2.05, 4.69) is 12.1 Å². The van der Waals surface area contributed by atoms with Crippen molar-refractivity contribution in [3.8, 4) is 5.75 Å². The molecule has 0 aliphatic rings. The normalized spacial score (nSPS) is 13.8. The van der Waals surface area contributed by atoms with Crippen molar-refractivity contribution >= 4 is 0 Å². The molecule has 0 aromatic heterocycles. The summed E-state index contributed by atoms with van der Waals surface area (Å²) in [4.78, 5) is 0. The highest BCUT2D eigenvalue weighted by atomic mass is 16.5. The van der Waals surface area contributed by atoms with E-state index in [4.69, 9.17) is 4.74 Å². The molecule has 2 rings (SSSR count). The van der Waals surface area contributed by atoms with E-state index < -0.39 is 0 Å². The fraction of sp³-hybridized carbons (Fsp3) is 0.294. The van der Waals surface area contributed by atoms with Crippen molar-refractivity contribution in [2.45, 2.75) is 32.5 Å². The SMILES string of the molecule is CC[C@H](O)c1ccc(OC(C)c2ccccc2)cc1. The lowest BCUT2D eigenvalue weighted by atomic mass is 10.1. The molecule has 0 heterocycles. The van der Waals surface area contributed by atoms with Gasteiger partial charge in [0.15, 0.2) is 0 Å². The fourth-order valence-corrected chi connectivity index (χ4v) is 2.00. The first kappa shape index (κ1) is 13.6. The van der Waals surface area contributed by atoms with Crippen molar-refractivity contribution in [1.82, 2.24) is 0 Å². The minimum Gasteiger partial charge on any atom is -0.486 e. The zero-order valence-corrected chi connectivity index (χ0v) is 11.4. The molecule has 0 amide bonds. The lowest BCUT2D eigenvalue weighted by Gasteiger charge is -2.16. The summed E-state index contributed by atoms with van der Waals surface area (Å²) in [7, 11) is 0. The van der Waals surface area contributed by atoms with Gasteiger partial charge in [-0.15, -0.1) is 0 Å². The molecule has 2 aromatic rings. The van der Waals surface area contributed by atoms with Crippen molar-refractivity contribution in [2.75, 3.05) is 0 Å². The molecule has 0 spiro atoms. The average Bonchev–Trinajstić information content (AvgIpc) is 2.48. The summed E-state index contributed by atoms with van der Waals surface area (Å²) in [6.45, 7) is 4.00. The molecular weight excluding hydrogens is 236 g/mol. The van der Waals surface area contributed by atoms with Gasteiger partial charge in [-0.05, 0) is 36.6 Å². The van der Waals surface area contributed by atoms with E-state index in [9.17, 15) is 5.11 Å². The summed E-state index contributed by atoms with van der Waals surface area (Å²) in [6.07, 6.45) is 0.351. The smallest absolute Gasteiger partial charge is 0.121 e. The van der Waals surface area contributed by atoms with Gasteiger partial charge in [-0.3, -0.25) is 0 Å². The molecule has 0 radical (unpaired) electrons. The van der Waals surface area contributed by atoms with Crippen LogP contribution in [0.4, 0.5) is 0 Å². The summed E-state index contributed by atoms with van der Waals surface area (Å²) in [5, 5.41) is 9.74. The van der Waals surface area contributed by atoms with E-state index in [0.717, 1.165) is 23.3 Å². The summed E-state index contributed by atoms with van der Waals surface area (Å²) in [5.41, 5.74) is 2.09. The number of hydrogen-bond acceptors (Lipinski definition) is 2. The average molecular weight is 256 g/mol. The Morgan fingerprint density at radius 3 is 2.16 bits per heavy atom. The number of hydrogen-bond donors (Lipinski definition) is 1. The molecule has 0 aliphatic carbocycles. The summed E-state index contributed by atoms with van der Waals surface area (Å²) in [6, 6.07) is 17.8.